The van der Waals surface area contributed by atoms with Crippen LogP contribution in [-0.4, -0.2) is 27.6 Å². The van der Waals surface area contributed by atoms with E-state index in [9.17, 15) is 4.79 Å². The van der Waals surface area contributed by atoms with Gasteiger partial charge in [-0.15, -0.1) is 0 Å². The summed E-state index contributed by atoms with van der Waals surface area (Å²) in [6.07, 6.45) is 0. The molecule has 4 rings (SSSR count). The molecule has 0 radical (unpaired) electrons. The Morgan fingerprint density at radius 2 is 1.87 bits per heavy atom. The van der Waals surface area contributed by atoms with E-state index in [0.29, 0.717) is 18.1 Å². The molecule has 0 aliphatic carbocycles. The van der Waals surface area contributed by atoms with Crippen LogP contribution in [0.25, 0.3) is 10.8 Å². The maximum absolute atomic E-state index is 12.9. The summed E-state index contributed by atoms with van der Waals surface area (Å²) in [7, 11) is 1.78. The average Bonchev–Trinajstić information content (AvgIpc) is 3.37. The minimum Gasteiger partial charge on any atom is -0.485 e. The summed E-state index contributed by atoms with van der Waals surface area (Å²) in [5, 5.41) is 6.70. The Kier molecular flexibility index (Phi) is 5.80. The van der Waals surface area contributed by atoms with Gasteiger partial charge in [0.15, 0.2) is 5.76 Å². The normalized spacial score (nSPS) is 11.1. The number of hydrogen-bond acceptors (Lipinski definition) is 4. The quantitative estimate of drug-likeness (QED) is 0.419. The van der Waals surface area contributed by atoms with Crippen LogP contribution in [0.1, 0.15) is 40.2 Å². The van der Waals surface area contributed by atoms with Gasteiger partial charge in [-0.1, -0.05) is 36.4 Å². The highest BCUT2D eigenvalue weighted by atomic mass is 16.5. The first-order valence-corrected chi connectivity index (χ1v) is 10.5. The van der Waals surface area contributed by atoms with Crippen molar-refractivity contribution >= 4 is 16.7 Å². The van der Waals surface area contributed by atoms with Gasteiger partial charge in [-0.2, -0.15) is 5.10 Å². The molecule has 0 bridgehead atoms. The number of benzene rings is 2. The Balaban J connectivity index is 1.43. The van der Waals surface area contributed by atoms with Crippen LogP contribution in [0.2, 0.25) is 0 Å². The van der Waals surface area contributed by atoms with E-state index in [4.69, 9.17) is 9.15 Å². The average molecular weight is 418 g/mol. The van der Waals surface area contributed by atoms with E-state index in [-0.39, 0.29) is 12.5 Å². The molecule has 0 aliphatic rings. The fourth-order valence-electron chi connectivity index (χ4n) is 3.81. The van der Waals surface area contributed by atoms with E-state index >= 15 is 0 Å². The third-order valence-corrected chi connectivity index (χ3v) is 5.56. The maximum atomic E-state index is 12.9. The number of aryl methyl sites for hydroxylation is 2. The molecule has 2 aromatic heterocycles. The smallest absolute Gasteiger partial charge is 0.289 e. The molecule has 0 spiro atoms. The van der Waals surface area contributed by atoms with Crippen molar-refractivity contribution in [2.24, 2.45) is 0 Å². The minimum atomic E-state index is -0.167. The first-order valence-electron chi connectivity index (χ1n) is 10.5. The molecular weight excluding hydrogens is 390 g/mol. The fourth-order valence-corrected chi connectivity index (χ4v) is 3.81. The number of carbonyl (C=O) groups excluding carboxylic acids is 1. The van der Waals surface area contributed by atoms with Gasteiger partial charge in [0.2, 0.25) is 0 Å². The third-order valence-electron chi connectivity index (χ3n) is 5.56. The van der Waals surface area contributed by atoms with Crippen molar-refractivity contribution in [3.63, 3.8) is 0 Å². The van der Waals surface area contributed by atoms with Gasteiger partial charge in [-0.25, -0.2) is 0 Å². The van der Waals surface area contributed by atoms with Crippen LogP contribution < -0.4 is 4.74 Å². The first-order chi connectivity index (χ1) is 15.0. The summed E-state index contributed by atoms with van der Waals surface area (Å²) in [5.74, 6) is 1.53. The summed E-state index contributed by atoms with van der Waals surface area (Å²) in [5.41, 5.74) is 3.11. The Bertz CT molecular complexity index is 1220. The zero-order valence-corrected chi connectivity index (χ0v) is 18.4. The number of furan rings is 1. The molecule has 6 heteroatoms. The number of rotatable bonds is 7. The van der Waals surface area contributed by atoms with Gasteiger partial charge in [-0.05, 0) is 44.4 Å². The number of hydrogen-bond donors (Lipinski definition) is 0. The number of fused-ring (bicyclic) bond motifs is 1. The van der Waals surface area contributed by atoms with E-state index < -0.39 is 0 Å². The largest absolute Gasteiger partial charge is 0.485 e. The zero-order valence-electron chi connectivity index (χ0n) is 18.4. The highest BCUT2D eigenvalue weighted by molar-refractivity contribution is 5.91. The molecule has 6 nitrogen and oxygen atoms in total. The third kappa shape index (κ3) is 4.19. The second kappa shape index (κ2) is 8.68. The van der Waals surface area contributed by atoms with E-state index in [1.54, 1.807) is 24.1 Å². The molecule has 0 atom stereocenters. The van der Waals surface area contributed by atoms with Crippen molar-refractivity contribution in [2.45, 2.75) is 40.5 Å². The van der Waals surface area contributed by atoms with Gasteiger partial charge < -0.3 is 14.1 Å². The van der Waals surface area contributed by atoms with E-state index in [0.717, 1.165) is 40.0 Å². The predicted octanol–water partition coefficient (Wildman–Crippen LogP) is 5.12. The van der Waals surface area contributed by atoms with Crippen molar-refractivity contribution in [1.29, 1.82) is 0 Å². The van der Waals surface area contributed by atoms with Gasteiger partial charge >= 0.3 is 0 Å². The Labute approximate surface area is 182 Å². The van der Waals surface area contributed by atoms with E-state index in [1.807, 2.05) is 48.9 Å². The zero-order chi connectivity index (χ0) is 22.0. The molecule has 1 amide bonds. The molecule has 160 valence electrons. The lowest BCUT2D eigenvalue weighted by molar-refractivity contribution is 0.0749. The number of aromatic nitrogens is 2. The van der Waals surface area contributed by atoms with Crippen LogP contribution in [0.4, 0.5) is 0 Å². The van der Waals surface area contributed by atoms with Crippen LogP contribution in [0.15, 0.2) is 59.0 Å². The predicted molar refractivity (Wildman–Crippen MR) is 120 cm³/mol. The highest BCUT2D eigenvalue weighted by Crippen LogP contribution is 2.26. The van der Waals surface area contributed by atoms with Crippen LogP contribution in [-0.2, 0) is 19.7 Å². The maximum Gasteiger partial charge on any atom is 0.289 e. The first kappa shape index (κ1) is 20.7. The van der Waals surface area contributed by atoms with Crippen LogP contribution in [0.3, 0.4) is 0 Å². The van der Waals surface area contributed by atoms with Crippen molar-refractivity contribution < 1.29 is 13.9 Å². The fraction of sp³-hybridized carbons (Fsp3) is 0.280. The molecule has 0 saturated heterocycles. The van der Waals surface area contributed by atoms with Crippen molar-refractivity contribution in [1.82, 2.24) is 14.7 Å². The van der Waals surface area contributed by atoms with Crippen molar-refractivity contribution in [3.8, 4) is 5.75 Å². The molecule has 0 unspecified atom stereocenters. The number of carbonyl (C=O) groups is 1. The second-order valence-electron chi connectivity index (χ2n) is 7.66. The Hall–Kier alpha value is -3.54. The van der Waals surface area contributed by atoms with Crippen molar-refractivity contribution in [2.75, 3.05) is 7.05 Å². The molecular formula is C25H27N3O3. The van der Waals surface area contributed by atoms with Crippen LogP contribution in [0, 0.1) is 13.8 Å². The molecule has 0 saturated carbocycles. The summed E-state index contributed by atoms with van der Waals surface area (Å²) in [6, 6.07) is 17.5. The molecule has 0 fully saturated rings. The molecule has 31 heavy (non-hydrogen) atoms. The molecule has 2 aromatic carbocycles. The monoisotopic (exact) mass is 417 g/mol. The highest BCUT2D eigenvalue weighted by Gasteiger charge is 2.20. The summed E-state index contributed by atoms with van der Waals surface area (Å²) >= 11 is 0. The van der Waals surface area contributed by atoms with Gasteiger partial charge in [0.05, 0.1) is 5.69 Å². The topological polar surface area (TPSA) is 60.5 Å². The standard InChI is InChI=1S/C25H27N3O3/c1-5-28-18(3)22(17(2)26-28)15-27(4)25(29)24-14-13-20(31-24)16-30-23-12-8-10-19-9-6-7-11-21(19)23/h6-14H,5,15-16H2,1-4H3. The second-order valence-corrected chi connectivity index (χ2v) is 7.66. The van der Waals surface area contributed by atoms with Gasteiger partial charge in [0.25, 0.3) is 5.91 Å². The summed E-state index contributed by atoms with van der Waals surface area (Å²) < 4.78 is 13.7. The molecule has 4 aromatic rings. The van der Waals surface area contributed by atoms with Gasteiger partial charge in [-0.3, -0.25) is 9.48 Å². The van der Waals surface area contributed by atoms with Crippen LogP contribution in [0.5, 0.6) is 5.75 Å². The number of nitrogens with zero attached hydrogens (tertiary/aromatic N) is 3. The lowest BCUT2D eigenvalue weighted by Gasteiger charge is -2.16. The van der Waals surface area contributed by atoms with Crippen molar-refractivity contribution in [3.05, 3.63) is 83.1 Å². The van der Waals surface area contributed by atoms with Gasteiger partial charge in [0.1, 0.15) is 18.1 Å². The number of ether oxygens (including phenoxy) is 1. The summed E-state index contributed by atoms with van der Waals surface area (Å²) in [4.78, 5) is 14.5. The van der Waals surface area contributed by atoms with Crippen LogP contribution >= 0.6 is 0 Å². The SMILES string of the molecule is CCn1nc(C)c(CN(C)C(=O)c2ccc(COc3cccc4ccccc34)o2)c1C. The Morgan fingerprint density at radius 3 is 2.65 bits per heavy atom. The van der Waals surface area contributed by atoms with E-state index in [1.165, 1.54) is 0 Å². The Morgan fingerprint density at radius 1 is 1.10 bits per heavy atom. The van der Waals surface area contributed by atoms with E-state index in [2.05, 4.69) is 24.2 Å². The van der Waals surface area contributed by atoms with Gasteiger partial charge in [0, 0.05) is 36.8 Å². The number of amides is 1. The summed E-state index contributed by atoms with van der Waals surface area (Å²) in [6.45, 7) is 7.62. The minimum absolute atomic E-state index is 0.167. The molecule has 2 heterocycles. The lowest BCUT2D eigenvalue weighted by Crippen LogP contribution is -2.26. The molecule has 0 aliphatic heterocycles. The lowest BCUT2D eigenvalue weighted by atomic mass is 10.1. The molecule has 0 N–H and O–H groups in total.